The van der Waals surface area contributed by atoms with Gasteiger partial charge in [0.1, 0.15) is 12.8 Å². The van der Waals surface area contributed by atoms with Gasteiger partial charge in [-0.1, -0.05) is 0 Å². The Labute approximate surface area is 125 Å². The first-order chi connectivity index (χ1) is 10.2. The van der Waals surface area contributed by atoms with E-state index in [0.717, 1.165) is 38.8 Å². The lowest BCUT2D eigenvalue weighted by Gasteiger charge is -2.40. The van der Waals surface area contributed by atoms with E-state index in [0.29, 0.717) is 12.0 Å². The minimum atomic E-state index is -0.269. The van der Waals surface area contributed by atoms with Crippen LogP contribution in [0.4, 0.5) is 4.39 Å². The molecule has 118 valence electrons. The average molecular weight is 296 g/mol. The lowest BCUT2D eigenvalue weighted by atomic mass is 9.90. The van der Waals surface area contributed by atoms with Crippen molar-refractivity contribution in [3.63, 3.8) is 0 Å². The van der Waals surface area contributed by atoms with Gasteiger partial charge in [-0.3, -0.25) is 10.6 Å². The molecule has 0 radical (unpaired) electrons. The third-order valence-corrected chi connectivity index (χ3v) is 5.25. The van der Waals surface area contributed by atoms with Crippen LogP contribution in [0.1, 0.15) is 25.7 Å². The quantitative estimate of drug-likeness (QED) is 0.800. The number of hydrogen-bond donors (Lipinski definition) is 2. The molecule has 3 rings (SSSR count). The predicted molar refractivity (Wildman–Crippen MR) is 77.3 cm³/mol. The molecule has 3 heterocycles. The first-order valence-electron chi connectivity index (χ1n) is 8.00. The molecule has 3 aliphatic heterocycles. The van der Waals surface area contributed by atoms with Gasteiger partial charge in [0.2, 0.25) is 0 Å². The summed E-state index contributed by atoms with van der Waals surface area (Å²) in [7, 11) is 2.00. The average Bonchev–Trinajstić information content (AvgIpc) is 2.91. The highest BCUT2D eigenvalue weighted by Gasteiger charge is 2.40. The highest BCUT2D eigenvalue weighted by atomic mass is 19.1. The fraction of sp³-hybridized carbons (Fsp3) is 0.933. The van der Waals surface area contributed by atoms with Crippen molar-refractivity contribution in [2.24, 2.45) is 5.92 Å². The summed E-state index contributed by atoms with van der Waals surface area (Å²) in [5.41, 5.74) is 0. The van der Waals surface area contributed by atoms with Gasteiger partial charge in [-0.2, -0.15) is 5.26 Å². The Morgan fingerprint density at radius 3 is 3.05 bits per heavy atom. The van der Waals surface area contributed by atoms with Crippen molar-refractivity contribution in [2.45, 2.75) is 56.1 Å². The second-order valence-corrected chi connectivity index (χ2v) is 6.66. The number of hydrogen-bond acceptors (Lipinski definition) is 5. The van der Waals surface area contributed by atoms with E-state index in [-0.39, 0.29) is 31.1 Å². The minimum Gasteiger partial charge on any atom is -0.358 e. The normalized spacial score (nSPS) is 44.2. The SMILES string of the molecule is CN1CC[C@H](NC2CC3CC(C#N)OC3CN2)C[C@H]1CF. The predicted octanol–water partition coefficient (Wildman–Crippen LogP) is 0.625. The molecule has 2 N–H and O–H groups in total. The Morgan fingerprint density at radius 1 is 1.43 bits per heavy atom. The van der Waals surface area contributed by atoms with E-state index >= 15 is 0 Å². The Balaban J connectivity index is 1.49. The van der Waals surface area contributed by atoms with Crippen molar-refractivity contribution < 1.29 is 9.13 Å². The van der Waals surface area contributed by atoms with Crippen LogP contribution in [-0.2, 0) is 4.74 Å². The summed E-state index contributed by atoms with van der Waals surface area (Å²) in [6.45, 7) is 1.49. The molecule has 4 unspecified atom stereocenters. The molecule has 3 aliphatic rings. The zero-order valence-electron chi connectivity index (χ0n) is 12.6. The van der Waals surface area contributed by atoms with Gasteiger partial charge in [0.15, 0.2) is 0 Å². The van der Waals surface area contributed by atoms with E-state index in [2.05, 4.69) is 21.6 Å². The number of nitriles is 1. The highest BCUT2D eigenvalue weighted by molar-refractivity contribution is 4.99. The second-order valence-electron chi connectivity index (χ2n) is 6.66. The summed E-state index contributed by atoms with van der Waals surface area (Å²) >= 11 is 0. The van der Waals surface area contributed by atoms with Crippen molar-refractivity contribution in [2.75, 3.05) is 26.8 Å². The molecule has 0 spiro atoms. The van der Waals surface area contributed by atoms with Gasteiger partial charge in [-0.15, -0.1) is 0 Å². The molecule has 6 atom stereocenters. The molecule has 0 aliphatic carbocycles. The maximum atomic E-state index is 13.0. The lowest BCUT2D eigenvalue weighted by Crippen LogP contribution is -2.57. The smallest absolute Gasteiger partial charge is 0.144 e. The van der Waals surface area contributed by atoms with Crippen molar-refractivity contribution in [3.8, 4) is 6.07 Å². The fourth-order valence-corrected chi connectivity index (χ4v) is 3.91. The second kappa shape index (κ2) is 6.57. The Morgan fingerprint density at radius 2 is 2.29 bits per heavy atom. The first-order valence-corrected chi connectivity index (χ1v) is 8.00. The molecule has 0 aromatic carbocycles. The van der Waals surface area contributed by atoms with E-state index in [1.54, 1.807) is 0 Å². The Bertz CT molecular complexity index is 402. The topological polar surface area (TPSA) is 60.3 Å². The lowest BCUT2D eigenvalue weighted by molar-refractivity contribution is 0.0349. The van der Waals surface area contributed by atoms with Gasteiger partial charge in [0.25, 0.3) is 0 Å². The van der Waals surface area contributed by atoms with Crippen LogP contribution < -0.4 is 10.6 Å². The molecule has 0 amide bonds. The molecule has 6 heteroatoms. The number of halogens is 1. The molecular weight excluding hydrogens is 271 g/mol. The summed E-state index contributed by atoms with van der Waals surface area (Å²) in [6, 6.07) is 2.64. The zero-order chi connectivity index (χ0) is 14.8. The van der Waals surface area contributed by atoms with Crippen molar-refractivity contribution >= 4 is 0 Å². The van der Waals surface area contributed by atoms with Gasteiger partial charge in [0.05, 0.1) is 18.3 Å². The molecule has 0 bridgehead atoms. The van der Waals surface area contributed by atoms with Gasteiger partial charge in [0, 0.05) is 18.6 Å². The van der Waals surface area contributed by atoms with Crippen LogP contribution in [0.2, 0.25) is 0 Å². The van der Waals surface area contributed by atoms with E-state index in [1.807, 2.05) is 7.05 Å². The molecule has 0 saturated carbocycles. The minimum absolute atomic E-state index is 0.0466. The number of nitrogens with one attached hydrogen (secondary N) is 2. The fourth-order valence-electron chi connectivity index (χ4n) is 3.91. The molecule has 5 nitrogen and oxygen atoms in total. The van der Waals surface area contributed by atoms with Crippen LogP contribution in [0.5, 0.6) is 0 Å². The van der Waals surface area contributed by atoms with Crippen LogP contribution in [0.25, 0.3) is 0 Å². The number of rotatable bonds is 3. The number of fused-ring (bicyclic) bond motifs is 1. The Kier molecular flexibility index (Phi) is 4.75. The molecular formula is C15H25FN4O. The van der Waals surface area contributed by atoms with E-state index in [1.165, 1.54) is 0 Å². The van der Waals surface area contributed by atoms with Crippen LogP contribution >= 0.6 is 0 Å². The standard InChI is InChI=1S/C15H25FN4O/c1-20-3-2-11(6-12(20)7-16)19-15-5-10-4-13(8-17)21-14(10)9-18-15/h10-15,18-19H,2-7,9H2,1H3/t10?,11-,12-,13?,14?,15?/m0/s1. The molecule has 0 aromatic heterocycles. The number of alkyl halides is 1. The number of ether oxygens (including phenoxy) is 1. The summed E-state index contributed by atoms with van der Waals surface area (Å²) in [5.74, 6) is 0.469. The third-order valence-electron chi connectivity index (χ3n) is 5.25. The molecule has 0 aromatic rings. The van der Waals surface area contributed by atoms with Gasteiger partial charge in [-0.05, 0) is 45.2 Å². The number of nitrogens with zero attached hydrogens (tertiary/aromatic N) is 2. The largest absolute Gasteiger partial charge is 0.358 e. The van der Waals surface area contributed by atoms with Crippen LogP contribution in [0.15, 0.2) is 0 Å². The van der Waals surface area contributed by atoms with Crippen LogP contribution in [0, 0.1) is 17.2 Å². The monoisotopic (exact) mass is 296 g/mol. The summed E-state index contributed by atoms with van der Waals surface area (Å²) in [5, 5.41) is 16.1. The van der Waals surface area contributed by atoms with Gasteiger partial charge >= 0.3 is 0 Å². The van der Waals surface area contributed by atoms with Crippen LogP contribution in [0.3, 0.4) is 0 Å². The highest BCUT2D eigenvalue weighted by Crippen LogP contribution is 2.32. The van der Waals surface area contributed by atoms with E-state index < -0.39 is 0 Å². The molecule has 3 saturated heterocycles. The van der Waals surface area contributed by atoms with Crippen molar-refractivity contribution in [1.29, 1.82) is 5.26 Å². The molecule has 21 heavy (non-hydrogen) atoms. The summed E-state index contributed by atoms with van der Waals surface area (Å²) in [6.07, 6.45) is 3.99. The maximum Gasteiger partial charge on any atom is 0.144 e. The van der Waals surface area contributed by atoms with Crippen molar-refractivity contribution in [3.05, 3.63) is 0 Å². The van der Waals surface area contributed by atoms with Gasteiger partial charge < -0.3 is 9.64 Å². The summed E-state index contributed by atoms with van der Waals surface area (Å²) < 4.78 is 18.7. The number of piperidine rings is 2. The number of likely N-dealkylation sites (tertiary alicyclic amines) is 1. The zero-order valence-corrected chi connectivity index (χ0v) is 12.6. The maximum absolute atomic E-state index is 13.0. The third kappa shape index (κ3) is 3.37. The van der Waals surface area contributed by atoms with E-state index in [4.69, 9.17) is 10.00 Å². The molecule has 3 fully saturated rings. The summed E-state index contributed by atoms with van der Waals surface area (Å²) in [4.78, 5) is 2.12. The van der Waals surface area contributed by atoms with Gasteiger partial charge in [-0.25, -0.2) is 4.39 Å². The van der Waals surface area contributed by atoms with Crippen molar-refractivity contribution in [1.82, 2.24) is 15.5 Å². The van der Waals surface area contributed by atoms with E-state index in [9.17, 15) is 4.39 Å². The van der Waals surface area contributed by atoms with Crippen LogP contribution in [-0.4, -0.2) is 62.2 Å². The Hall–Kier alpha value is -0.740. The first kappa shape index (κ1) is 15.2.